The molecule has 2 heterocycles. The van der Waals surface area contributed by atoms with Crippen LogP contribution in [0, 0.1) is 0 Å². The van der Waals surface area contributed by atoms with Gasteiger partial charge in [-0.05, 0) is 41.0 Å². The van der Waals surface area contributed by atoms with Crippen LogP contribution in [-0.2, 0) is 15.1 Å². The van der Waals surface area contributed by atoms with E-state index >= 15 is 4.39 Å². The molecule has 0 bridgehead atoms. The Bertz CT molecular complexity index is 1470. The molecule has 0 radical (unpaired) electrons. The van der Waals surface area contributed by atoms with E-state index in [0.717, 1.165) is 16.8 Å². The van der Waals surface area contributed by atoms with Crippen molar-refractivity contribution in [3.63, 3.8) is 0 Å². The van der Waals surface area contributed by atoms with E-state index in [2.05, 4.69) is 4.98 Å². The lowest BCUT2D eigenvalue weighted by molar-refractivity contribution is -0.216. The van der Waals surface area contributed by atoms with Crippen molar-refractivity contribution in [1.82, 2.24) is 9.55 Å². The molecule has 4 unspecified atom stereocenters. The molecule has 1 saturated heterocycles. The molecule has 0 spiro atoms. The van der Waals surface area contributed by atoms with Crippen molar-refractivity contribution in [3.05, 3.63) is 129 Å². The number of nitrogens with zero attached hydrogens (tertiary/aromatic N) is 1. The van der Waals surface area contributed by atoms with E-state index in [1.165, 1.54) is 0 Å². The van der Waals surface area contributed by atoms with Crippen LogP contribution in [-0.4, -0.2) is 47.4 Å². The third-order valence-corrected chi connectivity index (χ3v) is 6.74. The SMILES string of the molecule is COc1ccc(C(OC2OC(n3ccc(=O)[nH]c3=O)C(F)C2O)(c2ccccc2)c2ccc(OC)cc2)cc1. The summed E-state index contributed by atoms with van der Waals surface area (Å²) in [5.41, 5.74) is -0.930. The number of H-pyrrole nitrogens is 1. The molecular weight excluding hydrogens is 507 g/mol. The van der Waals surface area contributed by atoms with E-state index < -0.39 is 41.6 Å². The fraction of sp³-hybridized carbons (Fsp3) is 0.241. The van der Waals surface area contributed by atoms with Crippen LogP contribution in [0.3, 0.4) is 0 Å². The molecule has 0 amide bonds. The summed E-state index contributed by atoms with van der Waals surface area (Å²) < 4.78 is 39.5. The number of aliphatic hydroxyl groups excluding tert-OH is 1. The molecule has 1 aliphatic heterocycles. The van der Waals surface area contributed by atoms with Gasteiger partial charge in [-0.1, -0.05) is 54.6 Å². The normalized spacial score (nSPS) is 21.0. The van der Waals surface area contributed by atoms with Crippen molar-refractivity contribution in [2.24, 2.45) is 0 Å². The number of hydrogen-bond acceptors (Lipinski definition) is 7. The van der Waals surface area contributed by atoms with Gasteiger partial charge in [0.1, 0.15) is 23.2 Å². The predicted octanol–water partition coefficient (Wildman–Crippen LogP) is 3.12. The van der Waals surface area contributed by atoms with Crippen LogP contribution in [0.2, 0.25) is 0 Å². The second-order valence-corrected chi connectivity index (χ2v) is 8.97. The second-order valence-electron chi connectivity index (χ2n) is 8.97. The molecular formula is C29H27FN2O7. The Morgan fingerprint density at radius 3 is 1.90 bits per heavy atom. The van der Waals surface area contributed by atoms with E-state index in [-0.39, 0.29) is 0 Å². The quantitative estimate of drug-likeness (QED) is 0.334. The van der Waals surface area contributed by atoms with Crippen LogP contribution < -0.4 is 20.7 Å². The number of benzene rings is 3. The Morgan fingerprint density at radius 2 is 1.38 bits per heavy atom. The third kappa shape index (κ3) is 4.85. The van der Waals surface area contributed by atoms with E-state index in [9.17, 15) is 14.7 Å². The number of alkyl halides is 1. The molecule has 1 aliphatic rings. The van der Waals surface area contributed by atoms with Gasteiger partial charge in [-0.25, -0.2) is 9.18 Å². The first-order chi connectivity index (χ1) is 18.9. The number of methoxy groups -OCH3 is 2. The van der Waals surface area contributed by atoms with Gasteiger partial charge in [0.2, 0.25) is 0 Å². The summed E-state index contributed by atoms with van der Waals surface area (Å²) in [7, 11) is 3.12. The Kier molecular flexibility index (Phi) is 7.34. The molecule has 0 aliphatic carbocycles. The van der Waals surface area contributed by atoms with Crippen LogP contribution >= 0.6 is 0 Å². The molecule has 4 atom stereocenters. The fourth-order valence-corrected chi connectivity index (χ4v) is 4.76. The maximum atomic E-state index is 15.4. The van der Waals surface area contributed by atoms with Crippen molar-refractivity contribution in [3.8, 4) is 11.5 Å². The highest BCUT2D eigenvalue weighted by atomic mass is 19.1. The van der Waals surface area contributed by atoms with Gasteiger partial charge >= 0.3 is 5.69 Å². The number of aliphatic hydroxyl groups is 1. The number of hydrogen-bond donors (Lipinski definition) is 2. The Hall–Kier alpha value is -4.25. The van der Waals surface area contributed by atoms with E-state index in [1.807, 2.05) is 54.6 Å². The van der Waals surface area contributed by atoms with Gasteiger partial charge in [0, 0.05) is 12.3 Å². The van der Waals surface area contributed by atoms with Gasteiger partial charge in [0.25, 0.3) is 5.56 Å². The van der Waals surface area contributed by atoms with Crippen molar-refractivity contribution >= 4 is 0 Å². The minimum absolute atomic E-state index is 0.619. The number of ether oxygens (including phenoxy) is 4. The minimum Gasteiger partial charge on any atom is -0.497 e. The lowest BCUT2D eigenvalue weighted by Crippen LogP contribution is -2.41. The van der Waals surface area contributed by atoms with Crippen LogP contribution in [0.15, 0.2) is 101 Å². The van der Waals surface area contributed by atoms with Crippen molar-refractivity contribution in [2.45, 2.75) is 30.4 Å². The monoisotopic (exact) mass is 534 g/mol. The minimum atomic E-state index is -2.03. The molecule has 1 fully saturated rings. The maximum absolute atomic E-state index is 15.4. The number of rotatable bonds is 8. The predicted molar refractivity (Wildman–Crippen MR) is 140 cm³/mol. The average Bonchev–Trinajstić information content (AvgIpc) is 3.24. The zero-order valence-corrected chi connectivity index (χ0v) is 21.2. The van der Waals surface area contributed by atoms with E-state index in [1.54, 1.807) is 38.5 Å². The topological polar surface area (TPSA) is 112 Å². The smallest absolute Gasteiger partial charge is 0.330 e. The number of aromatic amines is 1. The van der Waals surface area contributed by atoms with E-state index in [0.29, 0.717) is 28.2 Å². The lowest BCUT2D eigenvalue weighted by atomic mass is 9.80. The van der Waals surface area contributed by atoms with Crippen LogP contribution in [0.4, 0.5) is 4.39 Å². The molecule has 2 N–H and O–H groups in total. The summed E-state index contributed by atoms with van der Waals surface area (Å²) in [6.07, 6.45) is -5.71. The summed E-state index contributed by atoms with van der Waals surface area (Å²) in [5.74, 6) is 1.24. The standard InChI is InChI=1S/C29H27FN2O7/c1-36-21-12-8-19(9-13-21)29(18-6-4-3-5-7-18,20-10-14-22(37-2)15-11-20)39-27-25(34)24(30)26(38-27)32-17-16-23(33)31-28(32)35/h3-17,24-27,34H,1-2H3,(H,31,33,35). The number of nitrogens with one attached hydrogen (secondary N) is 1. The van der Waals surface area contributed by atoms with Gasteiger partial charge in [-0.3, -0.25) is 14.3 Å². The number of aromatic nitrogens is 2. The summed E-state index contributed by atoms with van der Waals surface area (Å²) in [4.78, 5) is 26.0. The first kappa shape index (κ1) is 26.4. The van der Waals surface area contributed by atoms with Gasteiger partial charge in [0.05, 0.1) is 14.2 Å². The zero-order valence-electron chi connectivity index (χ0n) is 21.2. The first-order valence-electron chi connectivity index (χ1n) is 12.2. The molecule has 5 rings (SSSR count). The highest BCUT2D eigenvalue weighted by molar-refractivity contribution is 5.49. The molecule has 10 heteroatoms. The molecule has 3 aromatic carbocycles. The molecule has 39 heavy (non-hydrogen) atoms. The number of halogens is 1. The molecule has 1 aromatic heterocycles. The average molecular weight is 535 g/mol. The molecule has 202 valence electrons. The van der Waals surface area contributed by atoms with Crippen LogP contribution in [0.25, 0.3) is 0 Å². The van der Waals surface area contributed by atoms with Gasteiger partial charge in [0.15, 0.2) is 18.7 Å². The Labute approximate surface area is 223 Å². The second kappa shape index (κ2) is 10.9. The lowest BCUT2D eigenvalue weighted by Gasteiger charge is -2.38. The summed E-state index contributed by atoms with van der Waals surface area (Å²) >= 11 is 0. The fourth-order valence-electron chi connectivity index (χ4n) is 4.76. The van der Waals surface area contributed by atoms with Crippen molar-refractivity contribution in [2.75, 3.05) is 14.2 Å². The van der Waals surface area contributed by atoms with Gasteiger partial charge in [-0.2, -0.15) is 0 Å². The van der Waals surface area contributed by atoms with Crippen LogP contribution in [0.5, 0.6) is 11.5 Å². The summed E-state index contributed by atoms with van der Waals surface area (Å²) in [6, 6.07) is 24.6. The molecule has 9 nitrogen and oxygen atoms in total. The van der Waals surface area contributed by atoms with Gasteiger partial charge < -0.3 is 24.1 Å². The highest BCUT2D eigenvalue weighted by Crippen LogP contribution is 2.45. The molecule has 4 aromatic rings. The van der Waals surface area contributed by atoms with Gasteiger partial charge in [-0.15, -0.1) is 0 Å². The third-order valence-electron chi connectivity index (χ3n) is 6.74. The largest absolute Gasteiger partial charge is 0.497 e. The summed E-state index contributed by atoms with van der Waals surface area (Å²) in [5, 5.41) is 11.0. The van der Waals surface area contributed by atoms with Crippen molar-refractivity contribution < 1.29 is 28.4 Å². The maximum Gasteiger partial charge on any atom is 0.330 e. The highest BCUT2D eigenvalue weighted by Gasteiger charge is 2.51. The summed E-state index contributed by atoms with van der Waals surface area (Å²) in [6.45, 7) is 0. The Morgan fingerprint density at radius 1 is 0.846 bits per heavy atom. The first-order valence-corrected chi connectivity index (χ1v) is 12.2. The zero-order chi connectivity index (χ0) is 27.6. The van der Waals surface area contributed by atoms with E-state index in [4.69, 9.17) is 18.9 Å². The van der Waals surface area contributed by atoms with Crippen molar-refractivity contribution in [1.29, 1.82) is 0 Å². The Balaban J connectivity index is 1.65. The molecule has 0 saturated carbocycles. The van der Waals surface area contributed by atoms with Crippen LogP contribution in [0.1, 0.15) is 22.9 Å².